The highest BCUT2D eigenvalue weighted by Gasteiger charge is 2.51. The maximum atomic E-state index is 13.4. The quantitative estimate of drug-likeness (QED) is 0.119. The zero-order valence-electron chi connectivity index (χ0n) is 26.2. The van der Waals surface area contributed by atoms with E-state index < -0.39 is 54.7 Å². The molecular formula is C36H35N3O9. The van der Waals surface area contributed by atoms with Gasteiger partial charge in [0.05, 0.1) is 16.7 Å². The number of nitrogens with zero attached hydrogens (tertiary/aromatic N) is 2. The molecule has 1 aliphatic rings. The highest BCUT2D eigenvalue weighted by molar-refractivity contribution is 5.91. The number of anilines is 1. The maximum Gasteiger partial charge on any atom is 0.351 e. The molecule has 1 fully saturated rings. The first-order chi connectivity index (χ1) is 23.3. The van der Waals surface area contributed by atoms with E-state index in [1.807, 2.05) is 6.92 Å². The van der Waals surface area contributed by atoms with Crippen molar-refractivity contribution in [3.8, 4) is 0 Å². The van der Waals surface area contributed by atoms with Crippen LogP contribution in [0.1, 0.15) is 69.9 Å². The van der Waals surface area contributed by atoms with Gasteiger partial charge in [-0.3, -0.25) is 9.36 Å². The van der Waals surface area contributed by atoms with Crippen molar-refractivity contribution in [1.82, 2.24) is 9.55 Å². The molecule has 248 valence electrons. The lowest BCUT2D eigenvalue weighted by Gasteiger charge is -2.25. The summed E-state index contributed by atoms with van der Waals surface area (Å²) in [6, 6.07) is 26.0. The molecule has 1 saturated heterocycles. The third-order valence-electron chi connectivity index (χ3n) is 7.56. The van der Waals surface area contributed by atoms with Crippen LogP contribution in [0.5, 0.6) is 0 Å². The first kappa shape index (κ1) is 33.7. The average Bonchev–Trinajstić information content (AvgIpc) is 3.44. The van der Waals surface area contributed by atoms with Crippen molar-refractivity contribution >= 4 is 29.6 Å². The van der Waals surface area contributed by atoms with Crippen molar-refractivity contribution in [2.75, 3.05) is 11.9 Å². The number of amides is 1. The van der Waals surface area contributed by atoms with Crippen LogP contribution in [0.15, 0.2) is 108 Å². The molecule has 48 heavy (non-hydrogen) atoms. The Kier molecular flexibility index (Phi) is 11.4. The normalized spacial score (nSPS) is 18.4. The van der Waals surface area contributed by atoms with Gasteiger partial charge in [-0.05, 0) is 48.9 Å². The summed E-state index contributed by atoms with van der Waals surface area (Å²) in [5.74, 6) is -2.43. The van der Waals surface area contributed by atoms with Crippen LogP contribution in [0.3, 0.4) is 0 Å². The first-order valence-electron chi connectivity index (χ1n) is 15.6. The molecule has 12 nitrogen and oxygen atoms in total. The second kappa shape index (κ2) is 16.3. The molecule has 0 radical (unpaired) electrons. The number of hydrogen-bond donors (Lipinski definition) is 1. The fourth-order valence-corrected chi connectivity index (χ4v) is 5.10. The van der Waals surface area contributed by atoms with Gasteiger partial charge >= 0.3 is 23.6 Å². The van der Waals surface area contributed by atoms with Crippen LogP contribution in [0.4, 0.5) is 5.82 Å². The van der Waals surface area contributed by atoms with E-state index in [9.17, 15) is 24.0 Å². The maximum absolute atomic E-state index is 13.4. The molecule has 12 heteroatoms. The summed E-state index contributed by atoms with van der Waals surface area (Å²) in [5, 5.41) is 2.62. The summed E-state index contributed by atoms with van der Waals surface area (Å²) in [7, 11) is 0. The zero-order chi connectivity index (χ0) is 33.9. The molecule has 0 unspecified atom stereocenters. The van der Waals surface area contributed by atoms with E-state index in [0.29, 0.717) is 6.42 Å². The number of benzene rings is 3. The van der Waals surface area contributed by atoms with Gasteiger partial charge in [0.2, 0.25) is 5.91 Å². The van der Waals surface area contributed by atoms with E-state index >= 15 is 0 Å². The Labute approximate surface area is 276 Å². The Hall–Kier alpha value is -5.62. The second-order valence-electron chi connectivity index (χ2n) is 11.0. The van der Waals surface area contributed by atoms with E-state index in [0.717, 1.165) is 17.4 Å². The largest absolute Gasteiger partial charge is 0.459 e. The first-order valence-corrected chi connectivity index (χ1v) is 15.6. The smallest absolute Gasteiger partial charge is 0.351 e. The Morgan fingerprint density at radius 3 is 1.83 bits per heavy atom. The fourth-order valence-electron chi connectivity index (χ4n) is 5.10. The van der Waals surface area contributed by atoms with E-state index in [4.69, 9.17) is 18.9 Å². The van der Waals surface area contributed by atoms with Crippen molar-refractivity contribution in [3.05, 3.63) is 130 Å². The number of ether oxygens (including phenoxy) is 4. The number of carbonyl (C=O) groups is 4. The molecule has 0 aliphatic carbocycles. The average molecular weight is 654 g/mol. The highest BCUT2D eigenvalue weighted by Crippen LogP contribution is 2.35. The molecular weight excluding hydrogens is 618 g/mol. The molecule has 4 atom stereocenters. The summed E-state index contributed by atoms with van der Waals surface area (Å²) in [6.07, 6.45) is -1.10. The molecule has 1 aromatic heterocycles. The summed E-state index contributed by atoms with van der Waals surface area (Å²) in [5.41, 5.74) is -0.131. The minimum absolute atomic E-state index is 0.0361. The minimum atomic E-state index is -1.39. The monoisotopic (exact) mass is 653 g/mol. The molecule has 5 rings (SSSR count). The lowest BCUT2D eigenvalue weighted by molar-refractivity contribution is -0.116. The molecule has 1 amide bonds. The van der Waals surface area contributed by atoms with Crippen LogP contribution in [0.25, 0.3) is 0 Å². The number of nitrogens with one attached hydrogen (secondary N) is 1. The zero-order valence-corrected chi connectivity index (χ0v) is 26.2. The van der Waals surface area contributed by atoms with Gasteiger partial charge in [-0.15, -0.1) is 0 Å². The SMILES string of the molecule is CCCCCC(=O)Nc1ccn([C@@H]2O[C@H](COC(=O)c3ccccc3)[C@@H](OC(=O)c3ccccc3)[C@H]2OC(=O)c2ccccc2)c(=O)n1. The minimum Gasteiger partial charge on any atom is -0.459 e. The van der Waals surface area contributed by atoms with Crippen LogP contribution >= 0.6 is 0 Å². The van der Waals surface area contributed by atoms with E-state index in [2.05, 4.69) is 10.3 Å². The fraction of sp³-hybridized carbons (Fsp3) is 0.278. The van der Waals surface area contributed by atoms with Crippen LogP contribution in [0, 0.1) is 0 Å². The van der Waals surface area contributed by atoms with Crippen molar-refractivity contribution in [3.63, 3.8) is 0 Å². The van der Waals surface area contributed by atoms with Crippen LogP contribution < -0.4 is 11.0 Å². The molecule has 0 spiro atoms. The Balaban J connectivity index is 1.46. The molecule has 3 aromatic carbocycles. The molecule has 1 N–H and O–H groups in total. The molecule has 2 heterocycles. The third kappa shape index (κ3) is 8.59. The van der Waals surface area contributed by atoms with Gasteiger partial charge < -0.3 is 24.3 Å². The summed E-state index contributed by atoms with van der Waals surface area (Å²) < 4.78 is 24.6. The van der Waals surface area contributed by atoms with Gasteiger partial charge in [0, 0.05) is 12.6 Å². The summed E-state index contributed by atoms with van der Waals surface area (Å²) in [4.78, 5) is 69.2. The molecule has 1 aliphatic heterocycles. The predicted octanol–water partition coefficient (Wildman–Crippen LogP) is 4.97. The number of esters is 3. The lowest BCUT2D eigenvalue weighted by Crippen LogP contribution is -2.42. The van der Waals surface area contributed by atoms with Crippen LogP contribution in [0.2, 0.25) is 0 Å². The van der Waals surface area contributed by atoms with Gasteiger partial charge in [0.15, 0.2) is 18.4 Å². The van der Waals surface area contributed by atoms with Crippen LogP contribution in [-0.4, -0.2) is 58.3 Å². The van der Waals surface area contributed by atoms with E-state index in [-0.39, 0.29) is 34.8 Å². The Bertz CT molecular complexity index is 1760. The van der Waals surface area contributed by atoms with E-state index in [1.54, 1.807) is 91.0 Å². The van der Waals surface area contributed by atoms with E-state index in [1.165, 1.54) is 12.3 Å². The van der Waals surface area contributed by atoms with Crippen molar-refractivity contribution < 1.29 is 38.1 Å². The number of unbranched alkanes of at least 4 members (excludes halogenated alkanes) is 2. The van der Waals surface area contributed by atoms with Crippen LogP contribution in [-0.2, 0) is 23.7 Å². The molecule has 4 aromatic rings. The van der Waals surface area contributed by atoms with Gasteiger partial charge in [0.1, 0.15) is 18.5 Å². The van der Waals surface area contributed by atoms with Crippen molar-refractivity contribution in [2.24, 2.45) is 0 Å². The van der Waals surface area contributed by atoms with Gasteiger partial charge in [-0.1, -0.05) is 74.4 Å². The molecule has 0 bridgehead atoms. The van der Waals surface area contributed by atoms with Gasteiger partial charge in [-0.25, -0.2) is 19.2 Å². The lowest BCUT2D eigenvalue weighted by atomic mass is 10.1. The molecule has 0 saturated carbocycles. The topological polar surface area (TPSA) is 152 Å². The second-order valence-corrected chi connectivity index (χ2v) is 11.0. The predicted molar refractivity (Wildman–Crippen MR) is 173 cm³/mol. The van der Waals surface area contributed by atoms with Gasteiger partial charge in [0.25, 0.3) is 0 Å². The number of rotatable bonds is 13. The number of carbonyl (C=O) groups excluding carboxylic acids is 4. The summed E-state index contributed by atoms with van der Waals surface area (Å²) in [6.45, 7) is 1.62. The Morgan fingerprint density at radius 1 is 0.750 bits per heavy atom. The summed E-state index contributed by atoms with van der Waals surface area (Å²) >= 11 is 0. The number of hydrogen-bond acceptors (Lipinski definition) is 10. The third-order valence-corrected chi connectivity index (χ3v) is 7.56. The standard InChI is InChI=1S/C36H35N3O9/c1-2-3-7-20-29(40)37-28-21-22-39(36(44)38-28)32-31(48-35(43)26-18-12-6-13-19-26)30(47-34(42)25-16-10-5-11-17-25)27(46-32)23-45-33(41)24-14-8-4-9-15-24/h4-6,8-19,21-22,27,30-32H,2-3,7,20,23H2,1H3,(H,37,38,40,44)/t27-,30-,31-,32-/m1/s1. The van der Waals surface area contributed by atoms with Gasteiger partial charge in [-0.2, -0.15) is 4.98 Å². The van der Waals surface area contributed by atoms with Crippen molar-refractivity contribution in [1.29, 1.82) is 0 Å². The van der Waals surface area contributed by atoms with Crippen molar-refractivity contribution in [2.45, 2.75) is 57.1 Å². The highest BCUT2D eigenvalue weighted by atomic mass is 16.7. The number of aromatic nitrogens is 2. The Morgan fingerprint density at radius 2 is 1.29 bits per heavy atom.